The van der Waals surface area contributed by atoms with E-state index in [9.17, 15) is 4.79 Å². The highest BCUT2D eigenvalue weighted by atomic mass is 16.1. The van der Waals surface area contributed by atoms with Gasteiger partial charge >= 0.3 is 0 Å². The summed E-state index contributed by atoms with van der Waals surface area (Å²) in [6.07, 6.45) is 2.54. The van der Waals surface area contributed by atoms with Crippen molar-refractivity contribution in [2.24, 2.45) is 0 Å². The predicted octanol–water partition coefficient (Wildman–Crippen LogP) is 1.44. The Kier molecular flexibility index (Phi) is 2.11. The summed E-state index contributed by atoms with van der Waals surface area (Å²) in [6, 6.07) is 1.84. The van der Waals surface area contributed by atoms with Crippen molar-refractivity contribution in [1.29, 1.82) is 0 Å². The lowest BCUT2D eigenvalue weighted by Crippen LogP contribution is -2.19. The summed E-state index contributed by atoms with van der Waals surface area (Å²) in [5.74, 6) is 0. The molecule has 0 radical (unpaired) electrons. The molecule has 2 rings (SSSR count). The first-order chi connectivity index (χ1) is 6.72. The number of aromatic nitrogens is 3. The first-order valence-corrected chi connectivity index (χ1v) is 4.77. The van der Waals surface area contributed by atoms with E-state index in [2.05, 4.69) is 9.97 Å². The molecule has 4 nitrogen and oxygen atoms in total. The Labute approximate surface area is 81.6 Å². The Bertz CT molecular complexity index is 510. The number of aromatic amines is 1. The SMILES string of the molecule is CCCn1cnc2[nH]c(C)cc2c1=O. The molecule has 2 aromatic heterocycles. The van der Waals surface area contributed by atoms with E-state index in [1.807, 2.05) is 19.9 Å². The monoisotopic (exact) mass is 191 g/mol. The van der Waals surface area contributed by atoms with E-state index >= 15 is 0 Å². The Balaban J connectivity index is 2.68. The van der Waals surface area contributed by atoms with Crippen molar-refractivity contribution in [3.8, 4) is 0 Å². The fourth-order valence-corrected chi connectivity index (χ4v) is 1.57. The van der Waals surface area contributed by atoms with Gasteiger partial charge in [0, 0.05) is 12.2 Å². The molecule has 0 spiro atoms. The fraction of sp³-hybridized carbons (Fsp3) is 0.400. The second kappa shape index (κ2) is 3.29. The highest BCUT2D eigenvalue weighted by Crippen LogP contribution is 2.06. The van der Waals surface area contributed by atoms with E-state index in [1.54, 1.807) is 10.9 Å². The van der Waals surface area contributed by atoms with Gasteiger partial charge in [0.15, 0.2) is 0 Å². The number of rotatable bonds is 2. The number of nitrogens with zero attached hydrogens (tertiary/aromatic N) is 2. The lowest BCUT2D eigenvalue weighted by Gasteiger charge is -2.01. The summed E-state index contributed by atoms with van der Waals surface area (Å²) in [6.45, 7) is 4.69. The minimum absolute atomic E-state index is 0.0428. The van der Waals surface area contributed by atoms with Crippen LogP contribution < -0.4 is 5.56 Å². The molecule has 0 atom stereocenters. The predicted molar refractivity (Wildman–Crippen MR) is 55.4 cm³/mol. The number of nitrogens with one attached hydrogen (secondary N) is 1. The number of fused-ring (bicyclic) bond motifs is 1. The molecule has 0 unspecified atom stereocenters. The molecule has 0 saturated heterocycles. The Hall–Kier alpha value is -1.58. The van der Waals surface area contributed by atoms with E-state index in [0.717, 1.165) is 18.7 Å². The maximum Gasteiger partial charge on any atom is 0.262 e. The Morgan fingerprint density at radius 3 is 3.07 bits per heavy atom. The van der Waals surface area contributed by atoms with Crippen molar-refractivity contribution in [3.63, 3.8) is 0 Å². The lowest BCUT2D eigenvalue weighted by atomic mass is 10.3. The third-order valence-electron chi connectivity index (χ3n) is 2.21. The summed E-state index contributed by atoms with van der Waals surface area (Å²) in [7, 11) is 0. The molecule has 0 aliphatic heterocycles. The largest absolute Gasteiger partial charge is 0.343 e. The van der Waals surface area contributed by atoms with Gasteiger partial charge in [-0.3, -0.25) is 9.36 Å². The second-order valence-electron chi connectivity index (χ2n) is 3.46. The molecule has 2 aromatic rings. The van der Waals surface area contributed by atoms with Gasteiger partial charge in [-0.2, -0.15) is 0 Å². The van der Waals surface area contributed by atoms with Crippen LogP contribution >= 0.6 is 0 Å². The van der Waals surface area contributed by atoms with Crippen LogP contribution in [0.3, 0.4) is 0 Å². The molecule has 14 heavy (non-hydrogen) atoms. The van der Waals surface area contributed by atoms with Gasteiger partial charge in [0.05, 0.1) is 11.7 Å². The zero-order valence-electron chi connectivity index (χ0n) is 8.37. The minimum Gasteiger partial charge on any atom is -0.343 e. The van der Waals surface area contributed by atoms with Crippen molar-refractivity contribution in [1.82, 2.24) is 14.5 Å². The highest BCUT2D eigenvalue weighted by molar-refractivity contribution is 5.74. The maximum absolute atomic E-state index is 11.8. The Morgan fingerprint density at radius 1 is 1.57 bits per heavy atom. The topological polar surface area (TPSA) is 50.7 Å². The molecule has 0 bridgehead atoms. The highest BCUT2D eigenvalue weighted by Gasteiger charge is 2.05. The first kappa shape index (κ1) is 8.99. The van der Waals surface area contributed by atoms with Gasteiger partial charge in [-0.05, 0) is 19.4 Å². The Morgan fingerprint density at radius 2 is 2.36 bits per heavy atom. The molecule has 0 aliphatic rings. The molecule has 1 N–H and O–H groups in total. The van der Waals surface area contributed by atoms with Crippen LogP contribution in [0.1, 0.15) is 19.0 Å². The van der Waals surface area contributed by atoms with Gasteiger partial charge in [-0.15, -0.1) is 0 Å². The van der Waals surface area contributed by atoms with Crippen LogP contribution in [0, 0.1) is 6.92 Å². The van der Waals surface area contributed by atoms with Crippen LogP contribution in [-0.4, -0.2) is 14.5 Å². The first-order valence-electron chi connectivity index (χ1n) is 4.77. The van der Waals surface area contributed by atoms with Crippen LogP contribution in [-0.2, 0) is 6.54 Å². The molecule has 0 aromatic carbocycles. The average molecular weight is 191 g/mol. The van der Waals surface area contributed by atoms with Crippen molar-refractivity contribution in [3.05, 3.63) is 28.4 Å². The smallest absolute Gasteiger partial charge is 0.262 e. The van der Waals surface area contributed by atoms with Crippen LogP contribution in [0.5, 0.6) is 0 Å². The van der Waals surface area contributed by atoms with Crippen LogP contribution in [0.2, 0.25) is 0 Å². The molecule has 0 saturated carbocycles. The molecular weight excluding hydrogens is 178 g/mol. The fourth-order valence-electron chi connectivity index (χ4n) is 1.57. The third kappa shape index (κ3) is 1.32. The van der Waals surface area contributed by atoms with Crippen molar-refractivity contribution in [2.75, 3.05) is 0 Å². The minimum atomic E-state index is 0.0428. The second-order valence-corrected chi connectivity index (χ2v) is 3.46. The molecular formula is C10H13N3O. The molecule has 0 fully saturated rings. The van der Waals surface area contributed by atoms with E-state index in [-0.39, 0.29) is 5.56 Å². The van der Waals surface area contributed by atoms with E-state index in [4.69, 9.17) is 0 Å². The van der Waals surface area contributed by atoms with Gasteiger partial charge < -0.3 is 4.98 Å². The summed E-state index contributed by atoms with van der Waals surface area (Å²) in [4.78, 5) is 19.1. The summed E-state index contributed by atoms with van der Waals surface area (Å²) in [5.41, 5.74) is 1.69. The van der Waals surface area contributed by atoms with Crippen LogP contribution in [0.25, 0.3) is 11.0 Å². The van der Waals surface area contributed by atoms with E-state index in [1.165, 1.54) is 0 Å². The number of hydrogen-bond donors (Lipinski definition) is 1. The van der Waals surface area contributed by atoms with E-state index < -0.39 is 0 Å². The number of hydrogen-bond acceptors (Lipinski definition) is 2. The summed E-state index contributed by atoms with van der Waals surface area (Å²) in [5, 5.41) is 0.679. The molecule has 0 aliphatic carbocycles. The summed E-state index contributed by atoms with van der Waals surface area (Å²) < 4.78 is 1.65. The van der Waals surface area contributed by atoms with Gasteiger partial charge in [0.2, 0.25) is 0 Å². The zero-order valence-corrected chi connectivity index (χ0v) is 8.37. The van der Waals surface area contributed by atoms with Gasteiger partial charge in [-0.1, -0.05) is 6.92 Å². The molecule has 74 valence electrons. The van der Waals surface area contributed by atoms with Crippen molar-refractivity contribution >= 4 is 11.0 Å². The van der Waals surface area contributed by atoms with Crippen molar-refractivity contribution in [2.45, 2.75) is 26.8 Å². The van der Waals surface area contributed by atoms with Crippen LogP contribution in [0.4, 0.5) is 0 Å². The molecule has 2 heterocycles. The number of aryl methyl sites for hydroxylation is 2. The van der Waals surface area contributed by atoms with Crippen LogP contribution in [0.15, 0.2) is 17.2 Å². The normalized spacial score (nSPS) is 11.0. The standard InChI is InChI=1S/C10H13N3O/c1-3-4-13-6-11-9-8(10(13)14)5-7(2)12-9/h5-6,12H,3-4H2,1-2H3. The van der Waals surface area contributed by atoms with Gasteiger partial charge in [0.25, 0.3) is 5.56 Å². The average Bonchev–Trinajstić information content (AvgIpc) is 2.52. The van der Waals surface area contributed by atoms with Gasteiger partial charge in [-0.25, -0.2) is 4.98 Å². The van der Waals surface area contributed by atoms with E-state index in [0.29, 0.717) is 11.0 Å². The van der Waals surface area contributed by atoms with Gasteiger partial charge in [0.1, 0.15) is 5.65 Å². The number of H-pyrrole nitrogens is 1. The maximum atomic E-state index is 11.8. The molecule has 4 heteroatoms. The lowest BCUT2D eigenvalue weighted by molar-refractivity contribution is 0.647. The zero-order chi connectivity index (χ0) is 10.1. The molecule has 0 amide bonds. The third-order valence-corrected chi connectivity index (χ3v) is 2.21. The quantitative estimate of drug-likeness (QED) is 0.781. The summed E-state index contributed by atoms with van der Waals surface area (Å²) >= 11 is 0. The van der Waals surface area contributed by atoms with Crippen molar-refractivity contribution < 1.29 is 0 Å².